The minimum absolute atomic E-state index is 0.335. The Morgan fingerprint density at radius 1 is 1.00 bits per heavy atom. The van der Waals surface area contributed by atoms with Gasteiger partial charge < -0.3 is 0 Å². The van der Waals surface area contributed by atoms with Gasteiger partial charge in [-0.15, -0.1) is 0 Å². The maximum atomic E-state index is 2.46. The fourth-order valence-electron chi connectivity index (χ4n) is 3.63. The van der Waals surface area contributed by atoms with Crippen molar-refractivity contribution in [3.05, 3.63) is 35.4 Å². The van der Waals surface area contributed by atoms with Crippen LogP contribution in [0, 0.1) is 5.92 Å². The maximum Gasteiger partial charge on any atom is -0.00725 e. The van der Waals surface area contributed by atoms with E-state index in [1.165, 1.54) is 32.1 Å². The van der Waals surface area contributed by atoms with Crippen molar-refractivity contribution in [2.24, 2.45) is 5.92 Å². The first-order valence-corrected chi connectivity index (χ1v) is 7.63. The summed E-state index contributed by atoms with van der Waals surface area (Å²) < 4.78 is 0. The minimum atomic E-state index is 0.335. The lowest BCUT2D eigenvalue weighted by molar-refractivity contribution is 0.234. The fraction of sp³-hybridized carbons (Fsp3) is 0.667. The largest absolute Gasteiger partial charge is 0.0620 e. The zero-order chi connectivity index (χ0) is 13.2. The number of hydrogen-bond donors (Lipinski definition) is 0. The second kappa shape index (κ2) is 5.47. The van der Waals surface area contributed by atoms with E-state index in [1.807, 2.05) is 0 Å². The van der Waals surface area contributed by atoms with Crippen molar-refractivity contribution in [1.82, 2.24) is 0 Å². The third kappa shape index (κ3) is 2.63. The highest BCUT2D eigenvalue weighted by Crippen LogP contribution is 2.42. The topological polar surface area (TPSA) is 0 Å². The van der Waals surface area contributed by atoms with E-state index in [0.717, 1.165) is 5.92 Å². The van der Waals surface area contributed by atoms with Gasteiger partial charge in [-0.05, 0) is 41.2 Å². The molecule has 100 valence electrons. The van der Waals surface area contributed by atoms with E-state index < -0.39 is 0 Å². The van der Waals surface area contributed by atoms with Crippen LogP contribution >= 0.6 is 0 Å². The van der Waals surface area contributed by atoms with Crippen molar-refractivity contribution in [2.75, 3.05) is 0 Å². The Hall–Kier alpha value is -0.780. The van der Waals surface area contributed by atoms with Crippen molar-refractivity contribution in [1.29, 1.82) is 0 Å². The van der Waals surface area contributed by atoms with E-state index >= 15 is 0 Å². The first kappa shape index (κ1) is 13.6. The summed E-state index contributed by atoms with van der Waals surface area (Å²) in [6.45, 7) is 9.56. The van der Waals surface area contributed by atoms with E-state index in [2.05, 4.69) is 52.0 Å². The van der Waals surface area contributed by atoms with E-state index in [-0.39, 0.29) is 0 Å². The highest BCUT2D eigenvalue weighted by atomic mass is 14.4. The average Bonchev–Trinajstić information content (AvgIpc) is 2.39. The van der Waals surface area contributed by atoms with Crippen LogP contribution in [0.4, 0.5) is 0 Å². The smallest absolute Gasteiger partial charge is 0.00725 e. The summed E-state index contributed by atoms with van der Waals surface area (Å²) >= 11 is 0. The molecule has 1 aromatic rings. The van der Waals surface area contributed by atoms with E-state index in [0.29, 0.717) is 11.3 Å². The zero-order valence-electron chi connectivity index (χ0n) is 12.5. The van der Waals surface area contributed by atoms with Gasteiger partial charge in [0.1, 0.15) is 0 Å². The SMILES string of the molecule is CC(C)c1ccccc1C(C)(C)C1CCCCC1. The Kier molecular flexibility index (Phi) is 4.14. The second-order valence-corrected chi connectivity index (χ2v) is 6.80. The number of hydrogen-bond acceptors (Lipinski definition) is 0. The van der Waals surface area contributed by atoms with Gasteiger partial charge in [-0.1, -0.05) is 71.2 Å². The minimum Gasteiger partial charge on any atom is -0.0620 e. The molecule has 0 unspecified atom stereocenters. The van der Waals surface area contributed by atoms with Crippen molar-refractivity contribution in [2.45, 2.75) is 71.1 Å². The molecule has 0 saturated heterocycles. The first-order valence-electron chi connectivity index (χ1n) is 7.63. The molecule has 0 radical (unpaired) electrons. The number of benzene rings is 1. The molecule has 0 aromatic heterocycles. The van der Waals surface area contributed by atoms with Gasteiger partial charge in [-0.25, -0.2) is 0 Å². The summed E-state index contributed by atoms with van der Waals surface area (Å²) in [7, 11) is 0. The molecule has 0 atom stereocenters. The third-order valence-electron chi connectivity index (χ3n) is 4.90. The molecule has 1 aliphatic rings. The van der Waals surface area contributed by atoms with Crippen molar-refractivity contribution in [3.63, 3.8) is 0 Å². The third-order valence-corrected chi connectivity index (χ3v) is 4.90. The van der Waals surface area contributed by atoms with Crippen molar-refractivity contribution in [3.8, 4) is 0 Å². The summed E-state index contributed by atoms with van der Waals surface area (Å²) in [6.07, 6.45) is 7.13. The quantitative estimate of drug-likeness (QED) is 0.643. The summed E-state index contributed by atoms with van der Waals surface area (Å²) in [5.41, 5.74) is 3.47. The van der Waals surface area contributed by atoms with Crippen LogP contribution in [-0.4, -0.2) is 0 Å². The Morgan fingerprint density at radius 2 is 1.61 bits per heavy atom. The molecule has 1 aromatic carbocycles. The Balaban J connectivity index is 2.33. The van der Waals surface area contributed by atoms with Crippen LogP contribution in [0.5, 0.6) is 0 Å². The molecule has 1 aliphatic carbocycles. The van der Waals surface area contributed by atoms with Crippen LogP contribution < -0.4 is 0 Å². The predicted molar refractivity (Wildman–Crippen MR) is 80.1 cm³/mol. The average molecular weight is 244 g/mol. The summed E-state index contributed by atoms with van der Waals surface area (Å²) in [4.78, 5) is 0. The Morgan fingerprint density at radius 3 is 2.22 bits per heavy atom. The molecule has 0 bridgehead atoms. The van der Waals surface area contributed by atoms with Crippen LogP contribution in [0.25, 0.3) is 0 Å². The number of rotatable bonds is 3. The highest BCUT2D eigenvalue weighted by Gasteiger charge is 2.33. The maximum absolute atomic E-state index is 2.46. The monoisotopic (exact) mass is 244 g/mol. The molecule has 2 rings (SSSR count). The lowest BCUT2D eigenvalue weighted by atomic mass is 9.66. The van der Waals surface area contributed by atoms with Crippen LogP contribution in [0.2, 0.25) is 0 Å². The van der Waals surface area contributed by atoms with Crippen molar-refractivity contribution >= 4 is 0 Å². The van der Waals surface area contributed by atoms with Gasteiger partial charge in [0, 0.05) is 0 Å². The van der Waals surface area contributed by atoms with Gasteiger partial charge in [0.2, 0.25) is 0 Å². The van der Waals surface area contributed by atoms with Crippen LogP contribution in [-0.2, 0) is 5.41 Å². The molecule has 0 heteroatoms. The van der Waals surface area contributed by atoms with Crippen molar-refractivity contribution < 1.29 is 0 Å². The lowest BCUT2D eigenvalue weighted by Crippen LogP contribution is -2.31. The zero-order valence-corrected chi connectivity index (χ0v) is 12.5. The molecule has 0 aliphatic heterocycles. The van der Waals surface area contributed by atoms with Gasteiger partial charge in [-0.3, -0.25) is 0 Å². The normalized spacial score (nSPS) is 18.3. The van der Waals surface area contributed by atoms with Gasteiger partial charge in [0.25, 0.3) is 0 Å². The molecule has 0 N–H and O–H groups in total. The molecule has 1 fully saturated rings. The predicted octanol–water partition coefficient (Wildman–Crippen LogP) is 5.67. The van der Waals surface area contributed by atoms with Gasteiger partial charge >= 0.3 is 0 Å². The van der Waals surface area contributed by atoms with E-state index in [9.17, 15) is 0 Å². The molecule has 0 nitrogen and oxygen atoms in total. The van der Waals surface area contributed by atoms with Gasteiger partial charge in [-0.2, -0.15) is 0 Å². The molecule has 18 heavy (non-hydrogen) atoms. The summed E-state index contributed by atoms with van der Waals surface area (Å²) in [6, 6.07) is 9.09. The molecule has 0 heterocycles. The van der Waals surface area contributed by atoms with Crippen LogP contribution in [0.3, 0.4) is 0 Å². The highest BCUT2D eigenvalue weighted by molar-refractivity contribution is 5.36. The molecule has 0 spiro atoms. The van der Waals surface area contributed by atoms with Crippen LogP contribution in [0.15, 0.2) is 24.3 Å². The molecular weight excluding hydrogens is 216 g/mol. The first-order chi connectivity index (χ1) is 8.53. The molecular formula is C18H28. The summed E-state index contributed by atoms with van der Waals surface area (Å²) in [5, 5.41) is 0. The molecule has 1 saturated carbocycles. The lowest BCUT2D eigenvalue weighted by Gasteiger charge is -2.39. The Labute approximate surface area is 113 Å². The Bertz CT molecular complexity index is 381. The molecule has 0 amide bonds. The second-order valence-electron chi connectivity index (χ2n) is 6.80. The van der Waals surface area contributed by atoms with Gasteiger partial charge in [0.05, 0.1) is 0 Å². The van der Waals surface area contributed by atoms with E-state index in [4.69, 9.17) is 0 Å². The van der Waals surface area contributed by atoms with E-state index in [1.54, 1.807) is 11.1 Å². The standard InChI is InChI=1S/C18H28/c1-14(2)16-12-8-9-13-17(16)18(3,4)15-10-6-5-7-11-15/h8-9,12-15H,5-7,10-11H2,1-4H3. The summed E-state index contributed by atoms with van der Waals surface area (Å²) in [5.74, 6) is 1.50. The fourth-order valence-corrected chi connectivity index (χ4v) is 3.63. The van der Waals surface area contributed by atoms with Gasteiger partial charge in [0.15, 0.2) is 0 Å². The van der Waals surface area contributed by atoms with Crippen LogP contribution in [0.1, 0.15) is 76.8 Å².